The van der Waals surface area contributed by atoms with Crippen LogP contribution in [-0.4, -0.2) is 34.4 Å². The third-order valence-electron chi connectivity index (χ3n) is 4.07. The fourth-order valence-corrected chi connectivity index (χ4v) is 3.97. The first-order chi connectivity index (χ1) is 11.9. The van der Waals surface area contributed by atoms with Gasteiger partial charge in [0.05, 0.1) is 29.9 Å². The molecule has 3 rings (SSSR count). The first-order valence-corrected chi connectivity index (χ1v) is 8.99. The first-order valence-electron chi connectivity index (χ1n) is 8.18. The third kappa shape index (κ3) is 3.24. The molecule has 3 heterocycles. The van der Waals surface area contributed by atoms with E-state index in [9.17, 15) is 4.79 Å². The Balaban J connectivity index is 2.14. The van der Waals surface area contributed by atoms with Crippen molar-refractivity contribution in [3.8, 4) is 0 Å². The number of anilines is 1. The molecule has 0 bridgehead atoms. The van der Waals surface area contributed by atoms with Gasteiger partial charge < -0.3 is 9.64 Å². The predicted octanol–water partition coefficient (Wildman–Crippen LogP) is 3.46. The van der Waals surface area contributed by atoms with Crippen molar-refractivity contribution >= 4 is 34.0 Å². The summed E-state index contributed by atoms with van der Waals surface area (Å²) in [5, 5.41) is 5.36. The predicted molar refractivity (Wildman–Crippen MR) is 100 cm³/mol. The number of thiophene rings is 1. The van der Waals surface area contributed by atoms with Gasteiger partial charge in [-0.25, -0.2) is 9.78 Å². The van der Waals surface area contributed by atoms with Crippen LogP contribution < -0.4 is 4.90 Å². The fraction of sp³-hybridized carbons (Fsp3) is 0.389. The van der Waals surface area contributed by atoms with E-state index >= 15 is 0 Å². The van der Waals surface area contributed by atoms with E-state index in [1.54, 1.807) is 29.1 Å². The van der Waals surface area contributed by atoms with Crippen LogP contribution in [0.25, 0.3) is 11.0 Å². The zero-order chi connectivity index (χ0) is 18.1. The average molecular weight is 358 g/mol. The standard InChI is InChI=1S/C18H22N4O2S/c1-6-24-18(23)14-9-19-17-15(12(3)20-22(17)5)16(14)21(4)10-13-8-7-11(2)25-13/h7-9H,6,10H2,1-5H3. The molecular weight excluding hydrogens is 336 g/mol. The Kier molecular flexibility index (Phi) is 4.76. The Hall–Kier alpha value is -2.41. The molecule has 0 N–H and O–H groups in total. The van der Waals surface area contributed by atoms with Crippen molar-refractivity contribution < 1.29 is 9.53 Å². The zero-order valence-corrected chi connectivity index (χ0v) is 16.0. The monoisotopic (exact) mass is 358 g/mol. The Morgan fingerprint density at radius 3 is 2.76 bits per heavy atom. The topological polar surface area (TPSA) is 60.2 Å². The number of aromatic nitrogens is 3. The largest absolute Gasteiger partial charge is 0.462 e. The molecule has 7 heteroatoms. The van der Waals surface area contributed by atoms with Crippen molar-refractivity contribution in [2.75, 3.05) is 18.6 Å². The van der Waals surface area contributed by atoms with Crippen LogP contribution >= 0.6 is 11.3 Å². The van der Waals surface area contributed by atoms with E-state index in [2.05, 4.69) is 34.0 Å². The maximum atomic E-state index is 12.5. The highest BCUT2D eigenvalue weighted by molar-refractivity contribution is 7.11. The van der Waals surface area contributed by atoms with E-state index < -0.39 is 0 Å². The quantitative estimate of drug-likeness (QED) is 0.654. The number of rotatable bonds is 5. The van der Waals surface area contributed by atoms with Crippen LogP contribution in [0.5, 0.6) is 0 Å². The smallest absolute Gasteiger partial charge is 0.341 e. The summed E-state index contributed by atoms with van der Waals surface area (Å²) in [6.45, 7) is 6.87. The summed E-state index contributed by atoms with van der Waals surface area (Å²) in [5.74, 6) is -0.357. The minimum atomic E-state index is -0.357. The third-order valence-corrected chi connectivity index (χ3v) is 5.05. The van der Waals surface area contributed by atoms with Crippen molar-refractivity contribution in [3.63, 3.8) is 0 Å². The van der Waals surface area contributed by atoms with Gasteiger partial charge in [-0.05, 0) is 32.9 Å². The average Bonchev–Trinajstić information content (AvgIpc) is 3.10. The summed E-state index contributed by atoms with van der Waals surface area (Å²) in [4.78, 5) is 21.5. The summed E-state index contributed by atoms with van der Waals surface area (Å²) in [6.07, 6.45) is 1.59. The summed E-state index contributed by atoms with van der Waals surface area (Å²) in [7, 11) is 3.85. The number of fused-ring (bicyclic) bond motifs is 1. The molecule has 3 aromatic heterocycles. The lowest BCUT2D eigenvalue weighted by Crippen LogP contribution is -2.20. The SMILES string of the molecule is CCOC(=O)c1cnc2c(c(C)nn2C)c1N(C)Cc1ccc(C)s1. The molecule has 3 aromatic rings. The van der Waals surface area contributed by atoms with Crippen LogP contribution in [-0.2, 0) is 18.3 Å². The highest BCUT2D eigenvalue weighted by Crippen LogP contribution is 2.33. The number of esters is 1. The van der Waals surface area contributed by atoms with Crippen LogP contribution in [0, 0.1) is 13.8 Å². The molecule has 0 atom stereocenters. The second-order valence-corrected chi connectivity index (χ2v) is 7.39. The second kappa shape index (κ2) is 6.84. The lowest BCUT2D eigenvalue weighted by molar-refractivity contribution is 0.0527. The number of carbonyl (C=O) groups is 1. The maximum absolute atomic E-state index is 12.5. The van der Waals surface area contributed by atoms with Crippen molar-refractivity contribution in [2.45, 2.75) is 27.3 Å². The van der Waals surface area contributed by atoms with E-state index in [-0.39, 0.29) is 5.97 Å². The van der Waals surface area contributed by atoms with Gasteiger partial charge in [0.1, 0.15) is 5.56 Å². The molecule has 0 saturated carbocycles. The van der Waals surface area contributed by atoms with Gasteiger partial charge in [-0.1, -0.05) is 0 Å². The van der Waals surface area contributed by atoms with Gasteiger partial charge in [0.2, 0.25) is 0 Å². The highest BCUT2D eigenvalue weighted by atomic mass is 32.1. The van der Waals surface area contributed by atoms with Crippen LogP contribution in [0.1, 0.15) is 32.7 Å². The lowest BCUT2D eigenvalue weighted by Gasteiger charge is -2.22. The van der Waals surface area contributed by atoms with Gasteiger partial charge in [0.15, 0.2) is 5.65 Å². The Morgan fingerprint density at radius 1 is 1.36 bits per heavy atom. The van der Waals surface area contributed by atoms with Crippen LogP contribution in [0.4, 0.5) is 5.69 Å². The molecule has 0 amide bonds. The molecule has 0 aliphatic heterocycles. The number of hydrogen-bond donors (Lipinski definition) is 0. The fourth-order valence-electron chi connectivity index (χ4n) is 3.03. The van der Waals surface area contributed by atoms with Crippen molar-refractivity contribution in [3.05, 3.63) is 39.3 Å². The van der Waals surface area contributed by atoms with Gasteiger partial charge in [0.25, 0.3) is 0 Å². The van der Waals surface area contributed by atoms with Crippen molar-refractivity contribution in [2.24, 2.45) is 7.05 Å². The molecule has 0 aliphatic rings. The first kappa shape index (κ1) is 17.4. The number of aryl methyl sites for hydroxylation is 3. The Labute approximate surface area is 151 Å². The molecule has 6 nitrogen and oxygen atoms in total. The van der Waals surface area contributed by atoms with E-state index in [0.29, 0.717) is 18.7 Å². The minimum absolute atomic E-state index is 0.330. The maximum Gasteiger partial charge on any atom is 0.341 e. The molecule has 0 unspecified atom stereocenters. The van der Waals surface area contributed by atoms with E-state index in [1.165, 1.54) is 9.75 Å². The number of pyridine rings is 1. The summed E-state index contributed by atoms with van der Waals surface area (Å²) >= 11 is 1.76. The van der Waals surface area contributed by atoms with Crippen LogP contribution in [0.2, 0.25) is 0 Å². The summed E-state index contributed by atoms with van der Waals surface area (Å²) in [5.41, 5.74) is 2.90. The van der Waals surface area contributed by atoms with E-state index in [4.69, 9.17) is 4.74 Å². The minimum Gasteiger partial charge on any atom is -0.462 e. The molecule has 0 spiro atoms. The summed E-state index contributed by atoms with van der Waals surface area (Å²) < 4.78 is 6.98. The van der Waals surface area contributed by atoms with Crippen LogP contribution in [0.3, 0.4) is 0 Å². The van der Waals surface area contributed by atoms with Gasteiger partial charge >= 0.3 is 5.97 Å². The molecule has 0 radical (unpaired) electrons. The van der Waals surface area contributed by atoms with Crippen LogP contribution in [0.15, 0.2) is 18.3 Å². The second-order valence-electron chi connectivity index (χ2n) is 6.02. The number of nitrogens with zero attached hydrogens (tertiary/aromatic N) is 4. The zero-order valence-electron chi connectivity index (χ0n) is 15.2. The molecule has 0 aromatic carbocycles. The van der Waals surface area contributed by atoms with Crippen molar-refractivity contribution in [1.82, 2.24) is 14.8 Å². The molecule has 25 heavy (non-hydrogen) atoms. The normalized spacial score (nSPS) is 11.1. The molecular formula is C18H22N4O2S. The number of ether oxygens (including phenoxy) is 1. The lowest BCUT2D eigenvalue weighted by atomic mass is 10.1. The van der Waals surface area contributed by atoms with E-state index in [1.807, 2.05) is 21.0 Å². The number of carbonyl (C=O) groups excluding carboxylic acids is 1. The van der Waals surface area contributed by atoms with Gasteiger partial charge in [-0.2, -0.15) is 5.10 Å². The summed E-state index contributed by atoms with van der Waals surface area (Å²) in [6, 6.07) is 4.23. The number of hydrogen-bond acceptors (Lipinski definition) is 6. The molecule has 132 valence electrons. The molecule has 0 fully saturated rings. The van der Waals surface area contributed by atoms with Gasteiger partial charge in [0, 0.05) is 30.0 Å². The Morgan fingerprint density at radius 2 is 2.12 bits per heavy atom. The van der Waals surface area contributed by atoms with E-state index in [0.717, 1.165) is 22.4 Å². The molecule has 0 aliphatic carbocycles. The molecule has 0 saturated heterocycles. The Bertz CT molecular complexity index is 929. The van der Waals surface area contributed by atoms with Crippen molar-refractivity contribution in [1.29, 1.82) is 0 Å². The van der Waals surface area contributed by atoms with Gasteiger partial charge in [-0.15, -0.1) is 11.3 Å². The van der Waals surface area contributed by atoms with Gasteiger partial charge in [-0.3, -0.25) is 4.68 Å². The highest BCUT2D eigenvalue weighted by Gasteiger charge is 2.23.